The van der Waals surface area contributed by atoms with Gasteiger partial charge in [-0.2, -0.15) is 13.2 Å². The van der Waals surface area contributed by atoms with Crippen LogP contribution in [0.3, 0.4) is 0 Å². The number of aliphatic imine (C=N–C) groups is 1. The van der Waals surface area contributed by atoms with Gasteiger partial charge in [0, 0.05) is 4.47 Å². The number of alkyl halides is 3. The fourth-order valence-corrected chi connectivity index (χ4v) is 2.51. The number of oxazole rings is 1. The number of rotatable bonds is 3. The highest BCUT2D eigenvalue weighted by atomic mass is 79.9. The summed E-state index contributed by atoms with van der Waals surface area (Å²) >= 11 is 3.35. The molecule has 0 saturated carbocycles. The number of benzene rings is 2. The molecule has 0 bridgehead atoms. The molecule has 0 unspecified atom stereocenters. The maximum absolute atomic E-state index is 12.7. The van der Waals surface area contributed by atoms with E-state index in [1.54, 1.807) is 18.2 Å². The number of hydrogen-bond donors (Lipinski definition) is 1. The number of halogens is 4. The highest BCUT2D eigenvalue weighted by Crippen LogP contribution is 2.32. The van der Waals surface area contributed by atoms with Gasteiger partial charge in [0.2, 0.25) is 5.89 Å². The zero-order valence-electron chi connectivity index (χ0n) is 12.5. The lowest BCUT2D eigenvalue weighted by Gasteiger charge is -2.06. The topological polar surface area (TPSA) is 58.6 Å². The van der Waals surface area contributed by atoms with E-state index in [1.807, 2.05) is 6.07 Å². The number of aromatic hydroxyl groups is 1. The largest absolute Gasteiger partial charge is 0.479 e. The summed E-state index contributed by atoms with van der Waals surface area (Å²) < 4.78 is 44.0. The van der Waals surface area contributed by atoms with Crippen LogP contribution in [0.25, 0.3) is 11.5 Å². The summed E-state index contributed by atoms with van der Waals surface area (Å²) in [4.78, 5) is 8.03. The molecule has 0 atom stereocenters. The fourth-order valence-electron chi connectivity index (χ4n) is 2.06. The van der Waals surface area contributed by atoms with Crippen LogP contribution in [0, 0.1) is 0 Å². The third kappa shape index (κ3) is 3.90. The van der Waals surface area contributed by atoms with Crippen molar-refractivity contribution >= 4 is 27.8 Å². The summed E-state index contributed by atoms with van der Waals surface area (Å²) in [5.41, 5.74) is -0.0835. The monoisotopic (exact) mass is 410 g/mol. The van der Waals surface area contributed by atoms with Gasteiger partial charge < -0.3 is 9.52 Å². The van der Waals surface area contributed by atoms with Crippen LogP contribution in [0.5, 0.6) is 5.95 Å². The third-order valence-corrected chi connectivity index (χ3v) is 3.94. The van der Waals surface area contributed by atoms with Crippen molar-refractivity contribution in [2.45, 2.75) is 6.18 Å². The Morgan fingerprint density at radius 2 is 1.88 bits per heavy atom. The molecule has 0 fully saturated rings. The van der Waals surface area contributed by atoms with E-state index in [0.29, 0.717) is 5.56 Å². The zero-order chi connectivity index (χ0) is 18.0. The van der Waals surface area contributed by atoms with Gasteiger partial charge in [-0.3, -0.25) is 4.99 Å². The summed E-state index contributed by atoms with van der Waals surface area (Å²) in [7, 11) is 0. The Labute approximate surface area is 148 Å². The van der Waals surface area contributed by atoms with Crippen molar-refractivity contribution in [2.75, 3.05) is 0 Å². The summed E-state index contributed by atoms with van der Waals surface area (Å²) in [6, 6.07) is 11.6. The molecule has 0 spiro atoms. The van der Waals surface area contributed by atoms with Crippen molar-refractivity contribution in [3.05, 3.63) is 64.3 Å². The van der Waals surface area contributed by atoms with E-state index in [-0.39, 0.29) is 17.3 Å². The molecular weight excluding hydrogens is 401 g/mol. The van der Waals surface area contributed by atoms with Gasteiger partial charge in [-0.15, -0.1) is 0 Å². The molecule has 3 aromatic rings. The Bertz CT molecular complexity index is 936. The van der Waals surface area contributed by atoms with Crippen LogP contribution in [0.4, 0.5) is 18.9 Å². The lowest BCUT2D eigenvalue weighted by molar-refractivity contribution is -0.137. The highest BCUT2D eigenvalue weighted by Gasteiger charge is 2.30. The second-order valence-electron chi connectivity index (χ2n) is 5.00. The Balaban J connectivity index is 1.89. The first kappa shape index (κ1) is 17.2. The molecule has 1 N–H and O–H groups in total. The van der Waals surface area contributed by atoms with E-state index in [4.69, 9.17) is 4.42 Å². The second-order valence-corrected chi connectivity index (χ2v) is 5.85. The molecule has 1 heterocycles. The molecule has 25 heavy (non-hydrogen) atoms. The molecule has 0 aliphatic heterocycles. The quantitative estimate of drug-likeness (QED) is 0.573. The van der Waals surface area contributed by atoms with Crippen molar-refractivity contribution < 1.29 is 22.7 Å². The number of aromatic nitrogens is 1. The van der Waals surface area contributed by atoms with Gasteiger partial charge in [0.05, 0.1) is 23.0 Å². The van der Waals surface area contributed by atoms with Gasteiger partial charge in [-0.25, -0.2) is 4.98 Å². The molecule has 4 nitrogen and oxygen atoms in total. The van der Waals surface area contributed by atoms with Crippen LogP contribution in [-0.4, -0.2) is 16.3 Å². The van der Waals surface area contributed by atoms with Crippen molar-refractivity contribution in [3.63, 3.8) is 0 Å². The van der Waals surface area contributed by atoms with E-state index in [9.17, 15) is 18.3 Å². The lowest BCUT2D eigenvalue weighted by Crippen LogP contribution is -2.03. The van der Waals surface area contributed by atoms with Gasteiger partial charge in [-0.05, 0) is 46.3 Å². The Hall–Kier alpha value is -2.61. The van der Waals surface area contributed by atoms with E-state index < -0.39 is 17.7 Å². The van der Waals surface area contributed by atoms with Gasteiger partial charge >= 0.3 is 12.1 Å². The molecule has 0 aliphatic carbocycles. The van der Waals surface area contributed by atoms with E-state index >= 15 is 0 Å². The molecule has 0 saturated heterocycles. The first-order chi connectivity index (χ1) is 11.8. The van der Waals surface area contributed by atoms with Crippen LogP contribution < -0.4 is 0 Å². The van der Waals surface area contributed by atoms with Crippen molar-refractivity contribution in [1.82, 2.24) is 4.98 Å². The van der Waals surface area contributed by atoms with E-state index in [0.717, 1.165) is 22.8 Å². The Morgan fingerprint density at radius 1 is 1.12 bits per heavy atom. The third-order valence-electron chi connectivity index (χ3n) is 3.25. The molecule has 8 heteroatoms. The summed E-state index contributed by atoms with van der Waals surface area (Å²) in [5.74, 6) is -0.308. The Kier molecular flexibility index (Phi) is 4.63. The predicted molar refractivity (Wildman–Crippen MR) is 90.0 cm³/mol. The minimum absolute atomic E-state index is 0.0168. The van der Waals surface area contributed by atoms with E-state index in [1.165, 1.54) is 12.1 Å². The number of hydrogen-bond acceptors (Lipinski definition) is 4. The lowest BCUT2D eigenvalue weighted by atomic mass is 10.2. The fraction of sp³-hybridized carbons (Fsp3) is 0.0588. The van der Waals surface area contributed by atoms with Crippen LogP contribution in [0.2, 0.25) is 0 Å². The van der Waals surface area contributed by atoms with Crippen molar-refractivity contribution in [1.29, 1.82) is 0 Å². The van der Waals surface area contributed by atoms with Crippen molar-refractivity contribution in [2.24, 2.45) is 4.99 Å². The van der Waals surface area contributed by atoms with Gasteiger partial charge in [0.15, 0.2) is 5.69 Å². The first-order valence-corrected chi connectivity index (χ1v) is 7.80. The minimum atomic E-state index is -4.45. The highest BCUT2D eigenvalue weighted by molar-refractivity contribution is 9.10. The summed E-state index contributed by atoms with van der Waals surface area (Å²) in [6.45, 7) is 0. The molecular formula is C17H10BrF3N2O2. The SMILES string of the molecule is Oc1oc(-c2ccccc2Br)nc1C=Nc1cccc(C(F)(F)F)c1. The average Bonchev–Trinajstić information content (AvgIpc) is 2.93. The standard InChI is InChI=1S/C17H10BrF3N2O2/c18-13-7-2-1-6-12(13)15-23-14(16(24)25-15)9-22-11-5-3-4-10(8-11)17(19,20)21/h1-9,24H. The summed E-state index contributed by atoms with van der Waals surface area (Å²) in [5, 5.41) is 9.83. The van der Waals surface area contributed by atoms with Gasteiger partial charge in [0.25, 0.3) is 0 Å². The zero-order valence-corrected chi connectivity index (χ0v) is 14.0. The van der Waals surface area contributed by atoms with Gasteiger partial charge in [0.1, 0.15) is 0 Å². The molecule has 128 valence electrons. The van der Waals surface area contributed by atoms with Crippen LogP contribution in [0.15, 0.2) is 62.4 Å². The van der Waals surface area contributed by atoms with Gasteiger partial charge in [-0.1, -0.05) is 18.2 Å². The normalized spacial score (nSPS) is 12.0. The minimum Gasteiger partial charge on any atom is -0.479 e. The maximum atomic E-state index is 12.7. The molecule has 0 radical (unpaired) electrons. The van der Waals surface area contributed by atoms with Crippen LogP contribution in [-0.2, 0) is 6.18 Å². The van der Waals surface area contributed by atoms with Crippen molar-refractivity contribution in [3.8, 4) is 17.4 Å². The molecule has 1 aromatic heterocycles. The van der Waals surface area contributed by atoms with Crippen LogP contribution in [0.1, 0.15) is 11.3 Å². The van der Waals surface area contributed by atoms with E-state index in [2.05, 4.69) is 25.9 Å². The molecule has 0 aliphatic rings. The molecule has 0 amide bonds. The molecule has 3 rings (SSSR count). The second kappa shape index (κ2) is 6.72. The average molecular weight is 411 g/mol. The summed E-state index contributed by atoms with van der Waals surface area (Å²) in [6.07, 6.45) is -3.30. The smallest absolute Gasteiger partial charge is 0.416 e. The number of nitrogens with zero attached hydrogens (tertiary/aromatic N) is 2. The first-order valence-electron chi connectivity index (χ1n) is 7.00. The maximum Gasteiger partial charge on any atom is 0.416 e. The molecule has 2 aromatic carbocycles. The Morgan fingerprint density at radius 3 is 2.60 bits per heavy atom. The van der Waals surface area contributed by atoms with Crippen LogP contribution >= 0.6 is 15.9 Å². The predicted octanol–water partition coefficient (Wildman–Crippen LogP) is 5.58.